The van der Waals surface area contributed by atoms with Gasteiger partial charge in [0.1, 0.15) is 5.54 Å². The van der Waals surface area contributed by atoms with Crippen LogP contribution >= 0.6 is 15.9 Å². The zero-order chi connectivity index (χ0) is 13.9. The largest absolute Gasteiger partial charge is 0.480 e. The number of rotatable bonds is 4. The lowest BCUT2D eigenvalue weighted by Crippen LogP contribution is -2.49. The van der Waals surface area contributed by atoms with Gasteiger partial charge in [-0.2, -0.15) is 0 Å². The quantitative estimate of drug-likeness (QED) is 0.505. The minimum absolute atomic E-state index is 0.308. The van der Waals surface area contributed by atoms with Crippen molar-refractivity contribution in [2.24, 2.45) is 5.11 Å². The molecule has 1 heterocycles. The number of carboxylic acid groups (broad SMARTS) is 1. The summed E-state index contributed by atoms with van der Waals surface area (Å²) in [4.78, 5) is 14.3. The second-order valence-electron chi connectivity index (χ2n) is 4.63. The number of halogens is 1. The Morgan fingerprint density at radius 2 is 2.26 bits per heavy atom. The predicted molar refractivity (Wildman–Crippen MR) is 73.8 cm³/mol. The molecule has 7 heteroatoms. The van der Waals surface area contributed by atoms with Gasteiger partial charge >= 0.3 is 5.97 Å². The number of nitrogens with zero attached hydrogens (tertiary/aromatic N) is 3. The third-order valence-corrected chi connectivity index (χ3v) is 3.83. The number of azide groups is 1. The summed E-state index contributed by atoms with van der Waals surface area (Å²) < 4.78 is 0.951. The molecule has 0 unspecified atom stereocenters. The Morgan fingerprint density at radius 1 is 1.58 bits per heavy atom. The summed E-state index contributed by atoms with van der Waals surface area (Å²) in [5.41, 5.74) is 8.32. The van der Waals surface area contributed by atoms with E-state index in [9.17, 15) is 9.90 Å². The molecule has 1 aliphatic heterocycles. The number of hydrogen-bond acceptors (Lipinski definition) is 3. The highest BCUT2D eigenvalue weighted by molar-refractivity contribution is 9.10. The number of nitrogens with one attached hydrogen (secondary N) is 1. The summed E-state index contributed by atoms with van der Waals surface area (Å²) in [6.45, 7) is 0.396. The fourth-order valence-electron chi connectivity index (χ4n) is 2.34. The molecule has 1 fully saturated rings. The van der Waals surface area contributed by atoms with E-state index in [-0.39, 0.29) is 6.04 Å². The Morgan fingerprint density at radius 3 is 2.84 bits per heavy atom. The summed E-state index contributed by atoms with van der Waals surface area (Å²) in [6, 6.07) is 7.22. The maximum atomic E-state index is 11.5. The van der Waals surface area contributed by atoms with E-state index in [1.54, 1.807) is 0 Å². The van der Waals surface area contributed by atoms with E-state index >= 15 is 0 Å². The van der Waals surface area contributed by atoms with E-state index < -0.39 is 11.5 Å². The molecule has 19 heavy (non-hydrogen) atoms. The molecule has 100 valence electrons. The lowest BCUT2D eigenvalue weighted by atomic mass is 9.88. The molecule has 1 aromatic rings. The third kappa shape index (κ3) is 3.07. The van der Waals surface area contributed by atoms with Gasteiger partial charge in [0.15, 0.2) is 0 Å². The highest BCUT2D eigenvalue weighted by Crippen LogP contribution is 2.27. The minimum atomic E-state index is -1.05. The van der Waals surface area contributed by atoms with Crippen molar-refractivity contribution in [1.82, 2.24) is 5.32 Å². The first-order valence-electron chi connectivity index (χ1n) is 5.83. The van der Waals surface area contributed by atoms with Crippen LogP contribution in [0, 0.1) is 0 Å². The Kier molecular flexibility index (Phi) is 4.09. The summed E-state index contributed by atoms with van der Waals surface area (Å²) in [6.07, 6.45) is 0.676. The summed E-state index contributed by atoms with van der Waals surface area (Å²) >= 11 is 3.34. The molecule has 6 nitrogen and oxygen atoms in total. The van der Waals surface area contributed by atoms with Crippen LogP contribution in [-0.2, 0) is 11.2 Å². The molecule has 1 saturated heterocycles. The normalized spacial score (nSPS) is 25.8. The van der Waals surface area contributed by atoms with Gasteiger partial charge in [-0.15, -0.1) is 0 Å². The van der Waals surface area contributed by atoms with Gasteiger partial charge in [-0.25, -0.2) is 0 Å². The van der Waals surface area contributed by atoms with Crippen molar-refractivity contribution in [2.75, 3.05) is 6.54 Å². The number of carbonyl (C=O) groups is 1. The van der Waals surface area contributed by atoms with Gasteiger partial charge in [0, 0.05) is 22.4 Å². The predicted octanol–water partition coefficient (Wildman–Crippen LogP) is 2.49. The standard InChI is InChI=1S/C12H13BrN4O2/c13-9-3-1-8(2-4-9)5-12(11(18)19)6-10(7-15-12)16-17-14/h1-4,10,15H,5-7H2,(H,18,19)/t10-,12+/m0/s1. The number of benzene rings is 1. The molecule has 0 saturated carbocycles. The van der Waals surface area contributed by atoms with Gasteiger partial charge < -0.3 is 10.4 Å². The molecular formula is C12H13BrN4O2. The van der Waals surface area contributed by atoms with Crippen LogP contribution in [0.15, 0.2) is 33.9 Å². The van der Waals surface area contributed by atoms with Crippen molar-refractivity contribution >= 4 is 21.9 Å². The molecule has 0 amide bonds. The van der Waals surface area contributed by atoms with E-state index in [1.807, 2.05) is 24.3 Å². The highest BCUT2D eigenvalue weighted by Gasteiger charge is 2.45. The topological polar surface area (TPSA) is 98.1 Å². The van der Waals surface area contributed by atoms with Crippen molar-refractivity contribution in [3.8, 4) is 0 Å². The fourth-order valence-corrected chi connectivity index (χ4v) is 2.60. The van der Waals surface area contributed by atoms with Gasteiger partial charge in [-0.1, -0.05) is 33.2 Å². The van der Waals surface area contributed by atoms with E-state index in [2.05, 4.69) is 31.3 Å². The second-order valence-corrected chi connectivity index (χ2v) is 5.55. The average Bonchev–Trinajstić information content (AvgIpc) is 2.77. The Bertz CT molecular complexity index is 527. The monoisotopic (exact) mass is 324 g/mol. The van der Waals surface area contributed by atoms with E-state index in [1.165, 1.54) is 0 Å². The summed E-state index contributed by atoms with van der Waals surface area (Å²) in [5.74, 6) is -0.911. The van der Waals surface area contributed by atoms with E-state index in [0.717, 1.165) is 10.0 Å². The molecule has 2 atom stereocenters. The number of carboxylic acids is 1. The van der Waals surface area contributed by atoms with Crippen molar-refractivity contribution in [2.45, 2.75) is 24.4 Å². The lowest BCUT2D eigenvalue weighted by molar-refractivity contribution is -0.144. The second kappa shape index (κ2) is 5.61. The third-order valence-electron chi connectivity index (χ3n) is 3.30. The fraction of sp³-hybridized carbons (Fsp3) is 0.417. The molecular weight excluding hydrogens is 312 g/mol. The first-order valence-corrected chi connectivity index (χ1v) is 6.62. The minimum Gasteiger partial charge on any atom is -0.480 e. The zero-order valence-corrected chi connectivity index (χ0v) is 11.7. The van der Waals surface area contributed by atoms with Crippen LogP contribution in [-0.4, -0.2) is 29.2 Å². The number of hydrogen-bond donors (Lipinski definition) is 2. The van der Waals surface area contributed by atoms with Gasteiger partial charge in [0.05, 0.1) is 6.04 Å². The molecule has 2 rings (SSSR count). The van der Waals surface area contributed by atoms with Gasteiger partial charge in [-0.3, -0.25) is 4.79 Å². The molecule has 0 radical (unpaired) electrons. The molecule has 1 aromatic carbocycles. The van der Waals surface area contributed by atoms with Gasteiger partial charge in [0.2, 0.25) is 0 Å². The molecule has 1 aliphatic rings. The zero-order valence-electron chi connectivity index (χ0n) is 10.1. The molecule has 0 aromatic heterocycles. The maximum Gasteiger partial charge on any atom is 0.324 e. The van der Waals surface area contributed by atoms with E-state index in [0.29, 0.717) is 19.4 Å². The molecule has 2 N–H and O–H groups in total. The highest BCUT2D eigenvalue weighted by atomic mass is 79.9. The summed E-state index contributed by atoms with van der Waals surface area (Å²) in [7, 11) is 0. The average molecular weight is 325 g/mol. The smallest absolute Gasteiger partial charge is 0.324 e. The van der Waals surface area contributed by atoms with E-state index in [4.69, 9.17) is 5.53 Å². The lowest BCUT2D eigenvalue weighted by Gasteiger charge is -2.24. The summed E-state index contributed by atoms with van der Waals surface area (Å²) in [5, 5.41) is 16.1. The van der Waals surface area contributed by atoms with Crippen molar-refractivity contribution in [3.63, 3.8) is 0 Å². The van der Waals surface area contributed by atoms with Crippen molar-refractivity contribution < 1.29 is 9.90 Å². The maximum absolute atomic E-state index is 11.5. The first-order chi connectivity index (χ1) is 9.05. The Balaban J connectivity index is 2.19. The molecule has 0 bridgehead atoms. The van der Waals surface area contributed by atoms with Crippen LogP contribution < -0.4 is 5.32 Å². The molecule has 0 spiro atoms. The van der Waals surface area contributed by atoms with Crippen LogP contribution in [0.3, 0.4) is 0 Å². The van der Waals surface area contributed by atoms with Gasteiger partial charge in [0.25, 0.3) is 0 Å². The number of aliphatic carboxylic acids is 1. The molecule has 0 aliphatic carbocycles. The van der Waals surface area contributed by atoms with Gasteiger partial charge in [-0.05, 0) is 29.6 Å². The van der Waals surface area contributed by atoms with Crippen LogP contribution in [0.4, 0.5) is 0 Å². The Hall–Kier alpha value is -1.56. The van der Waals surface area contributed by atoms with Crippen molar-refractivity contribution in [3.05, 3.63) is 44.7 Å². The van der Waals surface area contributed by atoms with Crippen LogP contribution in [0.1, 0.15) is 12.0 Å². The van der Waals surface area contributed by atoms with Crippen LogP contribution in [0.2, 0.25) is 0 Å². The first kappa shape index (κ1) is 13.9. The SMILES string of the molecule is [N-]=[N+]=N[C@@H]1CN[C@@](Cc2ccc(Br)cc2)(C(=O)O)C1. The van der Waals surface area contributed by atoms with Crippen molar-refractivity contribution in [1.29, 1.82) is 0 Å². The van der Waals surface area contributed by atoms with Crippen LogP contribution in [0.5, 0.6) is 0 Å². The van der Waals surface area contributed by atoms with Crippen LogP contribution in [0.25, 0.3) is 10.4 Å². The Labute approximate surface area is 118 Å².